The Morgan fingerprint density at radius 2 is 1.95 bits per heavy atom. The van der Waals surface area contributed by atoms with E-state index in [1.807, 2.05) is 6.92 Å². The van der Waals surface area contributed by atoms with Crippen LogP contribution in [0.2, 0.25) is 0 Å². The highest BCUT2D eigenvalue weighted by Gasteiger charge is 2.39. The summed E-state index contributed by atoms with van der Waals surface area (Å²) in [7, 11) is 1.31. The van der Waals surface area contributed by atoms with Gasteiger partial charge in [-0.3, -0.25) is 0 Å². The summed E-state index contributed by atoms with van der Waals surface area (Å²) in [5.74, 6) is -0.618. The number of halogens is 4. The minimum atomic E-state index is -4.77. The van der Waals surface area contributed by atoms with Crippen LogP contribution in [0.1, 0.15) is 56.6 Å². The number of carbonyl (C=O) groups excluding carboxylic acids is 1. The minimum absolute atomic E-state index is 0.0113. The number of hydrogen-bond acceptors (Lipinski definition) is 7. The Bertz CT molecular complexity index is 1520. The van der Waals surface area contributed by atoms with Gasteiger partial charge in [0.15, 0.2) is 0 Å². The number of carbonyl (C=O) groups is 1. The second-order valence-electron chi connectivity index (χ2n) is 9.00. The van der Waals surface area contributed by atoms with E-state index >= 15 is 0 Å². The molecule has 5 rings (SSSR count). The molecule has 198 valence electrons. The number of methoxy groups -OCH3 is 1. The number of aromatic nitrogens is 2. The van der Waals surface area contributed by atoms with Gasteiger partial charge in [-0.05, 0) is 62.6 Å². The Morgan fingerprint density at radius 1 is 1.18 bits per heavy atom. The molecule has 1 saturated carbocycles. The highest BCUT2D eigenvalue weighted by molar-refractivity contribution is 7.17. The lowest BCUT2D eigenvalue weighted by Crippen LogP contribution is -2.10. The standard InChI is InChI=1S/C27H22F4N2O4S/c1-13-11-16(9-10-17(13)25-32-14(2)24(38-25)26(34)35-3)36-12-18-22(33-37-23(18)15-7-8-15)21-19(27(29,30)31)5-4-6-20(21)28/h4-6,9-11,15H,7-8,12H2,1-3H3. The van der Waals surface area contributed by atoms with E-state index in [1.54, 1.807) is 25.1 Å². The predicted octanol–water partition coefficient (Wildman–Crippen LogP) is 7.48. The fraction of sp³-hybridized carbons (Fsp3) is 0.296. The number of hydrogen-bond donors (Lipinski definition) is 0. The molecule has 0 spiro atoms. The van der Waals surface area contributed by atoms with Crippen molar-refractivity contribution in [2.45, 2.75) is 45.4 Å². The van der Waals surface area contributed by atoms with Crippen molar-refractivity contribution < 1.29 is 36.4 Å². The average Bonchev–Trinajstić information content (AvgIpc) is 3.52. The fourth-order valence-corrected chi connectivity index (χ4v) is 5.32. The molecule has 6 nitrogen and oxygen atoms in total. The second-order valence-corrected chi connectivity index (χ2v) is 10.00. The lowest BCUT2D eigenvalue weighted by atomic mass is 9.99. The number of alkyl halides is 3. The van der Waals surface area contributed by atoms with Crippen LogP contribution in [0.3, 0.4) is 0 Å². The van der Waals surface area contributed by atoms with Gasteiger partial charge in [-0.25, -0.2) is 14.2 Å². The summed E-state index contributed by atoms with van der Waals surface area (Å²) in [6.07, 6.45) is -3.16. The van der Waals surface area contributed by atoms with Crippen molar-refractivity contribution in [3.63, 3.8) is 0 Å². The molecule has 0 N–H and O–H groups in total. The van der Waals surface area contributed by atoms with Crippen LogP contribution in [0.15, 0.2) is 40.9 Å². The lowest BCUT2D eigenvalue weighted by molar-refractivity contribution is -0.137. The minimum Gasteiger partial charge on any atom is -0.489 e. The molecule has 0 amide bonds. The Hall–Kier alpha value is -3.73. The maximum Gasteiger partial charge on any atom is 0.417 e. The van der Waals surface area contributed by atoms with Crippen LogP contribution in [0.4, 0.5) is 17.6 Å². The highest BCUT2D eigenvalue weighted by atomic mass is 32.1. The molecule has 1 aliphatic rings. The molecule has 1 fully saturated rings. The summed E-state index contributed by atoms with van der Waals surface area (Å²) in [6, 6.07) is 8.06. The van der Waals surface area contributed by atoms with Crippen LogP contribution < -0.4 is 4.74 Å². The van der Waals surface area contributed by atoms with Gasteiger partial charge in [-0.1, -0.05) is 11.2 Å². The first-order chi connectivity index (χ1) is 18.1. The van der Waals surface area contributed by atoms with Crippen molar-refractivity contribution in [3.8, 4) is 27.6 Å². The predicted molar refractivity (Wildman–Crippen MR) is 132 cm³/mol. The molecule has 1 aliphatic carbocycles. The van der Waals surface area contributed by atoms with Gasteiger partial charge in [-0.2, -0.15) is 13.2 Å². The average molecular weight is 547 g/mol. The topological polar surface area (TPSA) is 74.5 Å². The summed E-state index contributed by atoms with van der Waals surface area (Å²) in [5.41, 5.74) is 0.485. The zero-order valence-corrected chi connectivity index (χ0v) is 21.4. The summed E-state index contributed by atoms with van der Waals surface area (Å²) in [6.45, 7) is 3.43. The summed E-state index contributed by atoms with van der Waals surface area (Å²) < 4.78 is 72.0. The number of aryl methyl sites for hydroxylation is 2. The van der Waals surface area contributed by atoms with Gasteiger partial charge < -0.3 is 14.0 Å². The second kappa shape index (κ2) is 9.86. The van der Waals surface area contributed by atoms with Crippen molar-refractivity contribution in [2.75, 3.05) is 7.11 Å². The zero-order valence-electron chi connectivity index (χ0n) is 20.6. The van der Waals surface area contributed by atoms with Crippen molar-refractivity contribution in [2.24, 2.45) is 0 Å². The van der Waals surface area contributed by atoms with E-state index in [1.165, 1.54) is 18.4 Å². The van der Waals surface area contributed by atoms with E-state index < -0.39 is 29.1 Å². The van der Waals surface area contributed by atoms with E-state index in [9.17, 15) is 22.4 Å². The number of benzene rings is 2. The van der Waals surface area contributed by atoms with Gasteiger partial charge in [0.05, 0.1) is 29.5 Å². The SMILES string of the molecule is COC(=O)c1sc(-c2ccc(OCc3c(-c4c(F)cccc4C(F)(F)F)noc3C3CC3)cc2C)nc1C. The first-order valence-corrected chi connectivity index (χ1v) is 12.5. The summed E-state index contributed by atoms with van der Waals surface area (Å²) in [5, 5.41) is 4.50. The van der Waals surface area contributed by atoms with Gasteiger partial charge in [0.1, 0.15) is 39.5 Å². The third-order valence-electron chi connectivity index (χ3n) is 6.30. The number of nitrogens with zero attached hydrogens (tertiary/aromatic N) is 2. The maximum atomic E-state index is 14.7. The molecule has 11 heteroatoms. The quantitative estimate of drug-likeness (QED) is 0.177. The van der Waals surface area contributed by atoms with Gasteiger partial charge in [0.2, 0.25) is 0 Å². The van der Waals surface area contributed by atoms with E-state index in [4.69, 9.17) is 14.0 Å². The van der Waals surface area contributed by atoms with Gasteiger partial charge >= 0.3 is 12.1 Å². The molecule has 38 heavy (non-hydrogen) atoms. The lowest BCUT2D eigenvalue weighted by Gasteiger charge is -2.14. The van der Waals surface area contributed by atoms with E-state index in [2.05, 4.69) is 10.1 Å². The third-order valence-corrected chi connectivity index (χ3v) is 7.47. The fourth-order valence-electron chi connectivity index (χ4n) is 4.24. The summed E-state index contributed by atoms with van der Waals surface area (Å²) in [4.78, 5) is 16.8. The maximum absolute atomic E-state index is 14.7. The molecule has 2 aromatic carbocycles. The van der Waals surface area contributed by atoms with Crippen LogP contribution in [0, 0.1) is 19.7 Å². The van der Waals surface area contributed by atoms with Crippen LogP contribution >= 0.6 is 11.3 Å². The van der Waals surface area contributed by atoms with E-state index in [0.717, 1.165) is 42.2 Å². The molecule has 0 unspecified atom stereocenters. The number of ether oxygens (including phenoxy) is 2. The van der Waals surface area contributed by atoms with E-state index in [0.29, 0.717) is 32.7 Å². The summed E-state index contributed by atoms with van der Waals surface area (Å²) >= 11 is 1.22. The molecule has 0 bridgehead atoms. The normalized spacial score (nSPS) is 13.6. The Kier molecular flexibility index (Phi) is 6.72. The molecule has 0 atom stereocenters. The van der Waals surface area contributed by atoms with Gasteiger partial charge in [0.25, 0.3) is 0 Å². The molecule has 0 aliphatic heterocycles. The molecule has 0 saturated heterocycles. The zero-order chi connectivity index (χ0) is 27.2. The van der Waals surface area contributed by atoms with Crippen molar-refractivity contribution >= 4 is 17.3 Å². The van der Waals surface area contributed by atoms with Crippen LogP contribution in [0.25, 0.3) is 21.8 Å². The van der Waals surface area contributed by atoms with Crippen LogP contribution in [0.5, 0.6) is 5.75 Å². The van der Waals surface area contributed by atoms with Crippen molar-refractivity contribution in [1.82, 2.24) is 10.1 Å². The van der Waals surface area contributed by atoms with Crippen LogP contribution in [-0.4, -0.2) is 23.2 Å². The molecular formula is C27H22F4N2O4S. The molecule has 0 radical (unpaired) electrons. The van der Waals surface area contributed by atoms with Crippen molar-refractivity contribution in [1.29, 1.82) is 0 Å². The highest BCUT2D eigenvalue weighted by Crippen LogP contribution is 2.46. The smallest absolute Gasteiger partial charge is 0.417 e. The van der Waals surface area contributed by atoms with Gasteiger partial charge in [0, 0.05) is 11.5 Å². The Labute approximate surface area is 219 Å². The number of thiazole rings is 1. The number of esters is 1. The van der Waals surface area contributed by atoms with Crippen LogP contribution in [-0.2, 0) is 17.5 Å². The monoisotopic (exact) mass is 546 g/mol. The first kappa shape index (κ1) is 25.9. The number of rotatable bonds is 7. The molecule has 2 aromatic heterocycles. The third kappa shape index (κ3) is 4.90. The van der Waals surface area contributed by atoms with Crippen molar-refractivity contribution in [3.05, 3.63) is 75.2 Å². The largest absolute Gasteiger partial charge is 0.489 e. The van der Waals surface area contributed by atoms with E-state index in [-0.39, 0.29) is 18.2 Å². The molecule has 2 heterocycles. The Morgan fingerprint density at radius 3 is 2.61 bits per heavy atom. The van der Waals surface area contributed by atoms with Gasteiger partial charge in [-0.15, -0.1) is 11.3 Å². The molecule has 4 aromatic rings. The molecular weight excluding hydrogens is 524 g/mol. The first-order valence-electron chi connectivity index (χ1n) is 11.7. The Balaban J connectivity index is 1.45.